The number of nitrogens with one attached hydrogen (secondary N) is 2. The Balaban J connectivity index is 1.76. The highest BCUT2D eigenvalue weighted by atomic mass is 16.2. The van der Waals surface area contributed by atoms with Crippen molar-refractivity contribution in [2.24, 2.45) is 4.99 Å². The highest BCUT2D eigenvalue weighted by molar-refractivity contribution is 5.79. The maximum absolute atomic E-state index is 12.0. The van der Waals surface area contributed by atoms with Gasteiger partial charge in [0.05, 0.1) is 6.54 Å². The molecule has 1 heterocycles. The number of rotatable bonds is 7. The van der Waals surface area contributed by atoms with Gasteiger partial charge in [-0.05, 0) is 38.7 Å². The van der Waals surface area contributed by atoms with Crippen LogP contribution in [-0.2, 0) is 11.3 Å². The summed E-state index contributed by atoms with van der Waals surface area (Å²) in [4.78, 5) is 18.7. The number of nitrogens with zero attached hydrogens (tertiary/aromatic N) is 2. The zero-order valence-corrected chi connectivity index (χ0v) is 15.7. The number of aryl methyl sites for hydroxylation is 1. The van der Waals surface area contributed by atoms with Gasteiger partial charge in [0.1, 0.15) is 0 Å². The lowest BCUT2D eigenvalue weighted by Gasteiger charge is -2.20. The van der Waals surface area contributed by atoms with Crippen LogP contribution < -0.4 is 10.6 Å². The molecule has 0 aromatic heterocycles. The van der Waals surface area contributed by atoms with E-state index in [9.17, 15) is 4.79 Å². The van der Waals surface area contributed by atoms with Crippen LogP contribution in [0.25, 0.3) is 0 Å². The Morgan fingerprint density at radius 1 is 1.24 bits per heavy atom. The van der Waals surface area contributed by atoms with Crippen LogP contribution in [-0.4, -0.2) is 42.9 Å². The molecule has 0 spiro atoms. The van der Waals surface area contributed by atoms with Gasteiger partial charge in [-0.3, -0.25) is 4.79 Å². The fourth-order valence-electron chi connectivity index (χ4n) is 3.07. The Morgan fingerprint density at radius 2 is 2.12 bits per heavy atom. The maximum atomic E-state index is 12.0. The average Bonchev–Trinajstić information content (AvgIpc) is 2.81. The summed E-state index contributed by atoms with van der Waals surface area (Å²) in [6.07, 6.45) is 5.02. The monoisotopic (exact) mass is 344 g/mol. The first-order chi connectivity index (χ1) is 12.2. The van der Waals surface area contributed by atoms with Crippen LogP contribution in [0.5, 0.6) is 0 Å². The largest absolute Gasteiger partial charge is 0.357 e. The van der Waals surface area contributed by atoms with Gasteiger partial charge in [0.2, 0.25) is 5.91 Å². The first kappa shape index (κ1) is 19.3. The van der Waals surface area contributed by atoms with Gasteiger partial charge in [-0.15, -0.1) is 0 Å². The molecule has 2 rings (SSSR count). The molecule has 0 radical (unpaired) electrons. The molecule has 1 aliphatic heterocycles. The SMILES string of the molecule is CCNC(=NCc1cccc(C)c1)NCCCN1CCCCCC1=O. The summed E-state index contributed by atoms with van der Waals surface area (Å²) in [7, 11) is 0. The quantitative estimate of drug-likeness (QED) is 0.454. The van der Waals surface area contributed by atoms with E-state index in [4.69, 9.17) is 0 Å². The summed E-state index contributed by atoms with van der Waals surface area (Å²) in [5, 5.41) is 6.66. The molecule has 5 nitrogen and oxygen atoms in total. The highest BCUT2D eigenvalue weighted by Gasteiger charge is 2.15. The van der Waals surface area contributed by atoms with Gasteiger partial charge in [-0.2, -0.15) is 0 Å². The third kappa shape index (κ3) is 7.16. The fraction of sp³-hybridized carbons (Fsp3) is 0.600. The Kier molecular flexibility index (Phi) is 8.29. The smallest absolute Gasteiger partial charge is 0.222 e. The minimum absolute atomic E-state index is 0.317. The van der Waals surface area contributed by atoms with Gasteiger partial charge in [0.25, 0.3) is 0 Å². The predicted molar refractivity (Wildman–Crippen MR) is 104 cm³/mol. The van der Waals surface area contributed by atoms with E-state index in [0.29, 0.717) is 18.9 Å². The second-order valence-electron chi connectivity index (χ2n) is 6.66. The van der Waals surface area contributed by atoms with Crippen LogP contribution in [0.3, 0.4) is 0 Å². The van der Waals surface area contributed by atoms with Crippen molar-refractivity contribution in [1.82, 2.24) is 15.5 Å². The van der Waals surface area contributed by atoms with Gasteiger partial charge in [0, 0.05) is 32.6 Å². The third-order valence-corrected chi connectivity index (χ3v) is 4.42. The molecule has 5 heteroatoms. The molecular weight excluding hydrogens is 312 g/mol. The van der Waals surface area contributed by atoms with E-state index < -0.39 is 0 Å². The zero-order chi connectivity index (χ0) is 17.9. The molecular formula is C20H32N4O. The lowest BCUT2D eigenvalue weighted by atomic mass is 10.1. The van der Waals surface area contributed by atoms with Crippen LogP contribution in [0.15, 0.2) is 29.3 Å². The van der Waals surface area contributed by atoms with Crippen LogP contribution in [0, 0.1) is 6.92 Å². The first-order valence-electron chi connectivity index (χ1n) is 9.54. The molecule has 1 fully saturated rings. The molecule has 0 bridgehead atoms. The minimum Gasteiger partial charge on any atom is -0.357 e. The van der Waals surface area contributed by atoms with Crippen molar-refractivity contribution in [3.8, 4) is 0 Å². The number of guanidine groups is 1. The molecule has 0 unspecified atom stereocenters. The van der Waals surface area contributed by atoms with Gasteiger partial charge in [-0.1, -0.05) is 36.2 Å². The van der Waals surface area contributed by atoms with Crippen molar-refractivity contribution in [2.75, 3.05) is 26.2 Å². The maximum Gasteiger partial charge on any atom is 0.222 e. The fourth-order valence-corrected chi connectivity index (χ4v) is 3.07. The standard InChI is InChI=1S/C20H32N4O/c1-3-21-20(23-16-18-10-7-9-17(2)15-18)22-12-8-14-24-13-6-4-5-11-19(24)25/h7,9-10,15H,3-6,8,11-14,16H2,1-2H3,(H2,21,22,23). The number of likely N-dealkylation sites (tertiary alicyclic amines) is 1. The first-order valence-corrected chi connectivity index (χ1v) is 9.54. The van der Waals surface area contributed by atoms with Crippen LogP contribution in [0.2, 0.25) is 0 Å². The van der Waals surface area contributed by atoms with Crippen LogP contribution in [0.1, 0.15) is 50.2 Å². The van der Waals surface area contributed by atoms with E-state index in [-0.39, 0.29) is 0 Å². The predicted octanol–water partition coefficient (Wildman–Crippen LogP) is 2.84. The normalized spacial score (nSPS) is 15.8. The molecule has 1 aromatic rings. The average molecular weight is 345 g/mol. The molecule has 0 aliphatic carbocycles. The van der Waals surface area contributed by atoms with Crippen LogP contribution in [0.4, 0.5) is 0 Å². The topological polar surface area (TPSA) is 56.7 Å². The summed E-state index contributed by atoms with van der Waals surface area (Å²) >= 11 is 0. The molecule has 0 atom stereocenters. The van der Waals surface area contributed by atoms with Gasteiger partial charge in [0.15, 0.2) is 5.96 Å². The second kappa shape index (κ2) is 10.7. The van der Waals surface area contributed by atoms with Crippen molar-refractivity contribution in [3.63, 3.8) is 0 Å². The van der Waals surface area contributed by atoms with Gasteiger partial charge in [-0.25, -0.2) is 4.99 Å². The number of benzene rings is 1. The molecule has 1 aromatic carbocycles. The highest BCUT2D eigenvalue weighted by Crippen LogP contribution is 2.11. The number of carbonyl (C=O) groups excluding carboxylic acids is 1. The van der Waals surface area contributed by atoms with Crippen molar-refractivity contribution < 1.29 is 4.79 Å². The molecule has 138 valence electrons. The van der Waals surface area contributed by atoms with Crippen molar-refractivity contribution >= 4 is 11.9 Å². The third-order valence-electron chi connectivity index (χ3n) is 4.42. The molecule has 1 aliphatic rings. The van der Waals surface area contributed by atoms with E-state index >= 15 is 0 Å². The summed E-state index contributed by atoms with van der Waals surface area (Å²) in [5.74, 6) is 1.16. The Hall–Kier alpha value is -2.04. The number of aliphatic imine (C=N–C) groups is 1. The molecule has 0 saturated carbocycles. The number of hydrogen-bond acceptors (Lipinski definition) is 2. The number of carbonyl (C=O) groups is 1. The van der Waals surface area contributed by atoms with Gasteiger partial charge >= 0.3 is 0 Å². The van der Waals surface area contributed by atoms with Gasteiger partial charge < -0.3 is 15.5 Å². The zero-order valence-electron chi connectivity index (χ0n) is 15.7. The second-order valence-corrected chi connectivity index (χ2v) is 6.66. The van der Waals surface area contributed by atoms with E-state index in [1.807, 2.05) is 4.90 Å². The van der Waals surface area contributed by atoms with Crippen molar-refractivity contribution in [3.05, 3.63) is 35.4 Å². The van der Waals surface area contributed by atoms with E-state index in [2.05, 4.69) is 53.7 Å². The lowest BCUT2D eigenvalue weighted by Crippen LogP contribution is -2.39. The Morgan fingerprint density at radius 3 is 2.92 bits per heavy atom. The van der Waals surface area contributed by atoms with Crippen molar-refractivity contribution in [1.29, 1.82) is 0 Å². The lowest BCUT2D eigenvalue weighted by molar-refractivity contribution is -0.130. The summed E-state index contributed by atoms with van der Waals surface area (Å²) < 4.78 is 0. The molecule has 2 N–H and O–H groups in total. The summed E-state index contributed by atoms with van der Waals surface area (Å²) in [6, 6.07) is 8.43. The molecule has 1 amide bonds. The van der Waals surface area contributed by atoms with E-state index in [0.717, 1.165) is 51.4 Å². The number of amides is 1. The molecule has 1 saturated heterocycles. The van der Waals surface area contributed by atoms with Crippen LogP contribution >= 0.6 is 0 Å². The molecule has 25 heavy (non-hydrogen) atoms. The minimum atomic E-state index is 0.317. The Labute approximate surface area is 151 Å². The van der Waals surface area contributed by atoms with E-state index in [1.54, 1.807) is 0 Å². The van der Waals surface area contributed by atoms with Crippen molar-refractivity contribution in [2.45, 2.75) is 52.5 Å². The van der Waals surface area contributed by atoms with E-state index in [1.165, 1.54) is 17.5 Å². The summed E-state index contributed by atoms with van der Waals surface area (Å²) in [6.45, 7) is 8.25. The summed E-state index contributed by atoms with van der Waals surface area (Å²) in [5.41, 5.74) is 2.47. The Bertz CT molecular complexity index is 571. The number of hydrogen-bond donors (Lipinski definition) is 2.